The highest BCUT2D eigenvalue weighted by Gasteiger charge is 2.28. The van der Waals surface area contributed by atoms with Gasteiger partial charge < -0.3 is 10.9 Å². The largest absolute Gasteiger partial charge is 0.409 e. The predicted molar refractivity (Wildman–Crippen MR) is 83.4 cm³/mol. The van der Waals surface area contributed by atoms with Gasteiger partial charge in [0, 0.05) is 31.2 Å². The van der Waals surface area contributed by atoms with Crippen LogP contribution in [0.5, 0.6) is 0 Å². The number of benzene rings is 1. The minimum Gasteiger partial charge on any atom is -0.409 e. The van der Waals surface area contributed by atoms with Crippen LogP contribution in [0.15, 0.2) is 29.4 Å². The van der Waals surface area contributed by atoms with Gasteiger partial charge in [-0.3, -0.25) is 9.80 Å². The number of nitrogens with zero attached hydrogens (tertiary/aromatic N) is 3. The van der Waals surface area contributed by atoms with Gasteiger partial charge in [-0.15, -0.1) is 0 Å². The molecular weight excluding hydrogens is 264 g/mol. The molecule has 3 rings (SSSR count). The molecule has 0 aromatic heterocycles. The number of nitrogens with two attached hydrogens (primary N) is 1. The Morgan fingerprint density at radius 2 is 1.90 bits per heavy atom. The second-order valence-electron chi connectivity index (χ2n) is 6.10. The Kier molecular flexibility index (Phi) is 4.41. The van der Waals surface area contributed by atoms with E-state index in [4.69, 9.17) is 10.9 Å². The van der Waals surface area contributed by atoms with Gasteiger partial charge in [0.2, 0.25) is 0 Å². The number of amidine groups is 1. The third-order valence-electron chi connectivity index (χ3n) is 4.67. The van der Waals surface area contributed by atoms with Crippen LogP contribution in [0.4, 0.5) is 0 Å². The number of likely N-dealkylation sites (tertiary alicyclic amines) is 2. The maximum Gasteiger partial charge on any atom is 0.170 e. The Hall–Kier alpha value is -1.59. The van der Waals surface area contributed by atoms with Crippen LogP contribution in [0, 0.1) is 0 Å². The van der Waals surface area contributed by atoms with E-state index in [2.05, 4.69) is 27.1 Å². The molecule has 2 heterocycles. The topological polar surface area (TPSA) is 65.1 Å². The van der Waals surface area contributed by atoms with Gasteiger partial charge in [-0.25, -0.2) is 0 Å². The molecule has 2 saturated heterocycles. The maximum atomic E-state index is 8.67. The normalized spacial score (nSPS) is 24.8. The van der Waals surface area contributed by atoms with E-state index >= 15 is 0 Å². The zero-order valence-electron chi connectivity index (χ0n) is 12.4. The third-order valence-corrected chi connectivity index (χ3v) is 4.67. The lowest BCUT2D eigenvalue weighted by Crippen LogP contribution is -2.35. The SMILES string of the molecule is NC(=NO)c1ccc(CN2CCC(N3CCCC3)C2)cc1. The lowest BCUT2D eigenvalue weighted by atomic mass is 10.1. The Morgan fingerprint density at radius 3 is 2.57 bits per heavy atom. The molecule has 0 aliphatic carbocycles. The summed E-state index contributed by atoms with van der Waals surface area (Å²) in [5.41, 5.74) is 7.63. The van der Waals surface area contributed by atoms with Gasteiger partial charge in [-0.2, -0.15) is 0 Å². The lowest BCUT2D eigenvalue weighted by Gasteiger charge is -2.23. The fraction of sp³-hybridized carbons (Fsp3) is 0.562. The van der Waals surface area contributed by atoms with Gasteiger partial charge in [-0.05, 0) is 37.9 Å². The van der Waals surface area contributed by atoms with Gasteiger partial charge in [0.15, 0.2) is 5.84 Å². The number of hydrogen-bond acceptors (Lipinski definition) is 4. The lowest BCUT2D eigenvalue weighted by molar-refractivity contribution is 0.230. The van der Waals surface area contributed by atoms with Crippen LogP contribution < -0.4 is 5.73 Å². The van der Waals surface area contributed by atoms with Gasteiger partial charge in [0.05, 0.1) is 0 Å². The summed E-state index contributed by atoms with van der Waals surface area (Å²) in [5, 5.41) is 11.7. The molecule has 2 aliphatic rings. The smallest absolute Gasteiger partial charge is 0.170 e. The summed E-state index contributed by atoms with van der Waals surface area (Å²) in [7, 11) is 0. The fourth-order valence-electron chi connectivity index (χ4n) is 3.46. The van der Waals surface area contributed by atoms with Crippen molar-refractivity contribution in [1.82, 2.24) is 9.80 Å². The highest BCUT2D eigenvalue weighted by Crippen LogP contribution is 2.21. The zero-order chi connectivity index (χ0) is 14.7. The maximum absolute atomic E-state index is 8.67. The molecule has 0 saturated carbocycles. The molecule has 114 valence electrons. The van der Waals surface area contributed by atoms with E-state index in [1.165, 1.54) is 51.0 Å². The van der Waals surface area contributed by atoms with Crippen molar-refractivity contribution in [2.24, 2.45) is 10.9 Å². The summed E-state index contributed by atoms with van der Waals surface area (Å²) in [5.74, 6) is 0.164. The van der Waals surface area contributed by atoms with E-state index < -0.39 is 0 Å². The molecule has 1 aromatic carbocycles. The standard InChI is InChI=1S/C16H24N4O/c17-16(18-21)14-5-3-13(4-6-14)11-19-10-7-15(12-19)20-8-1-2-9-20/h3-6,15,21H,1-2,7-12H2,(H2,17,18). The van der Waals surface area contributed by atoms with E-state index in [1.54, 1.807) is 0 Å². The van der Waals surface area contributed by atoms with Crippen molar-refractivity contribution in [3.05, 3.63) is 35.4 Å². The van der Waals surface area contributed by atoms with Crippen LogP contribution in [0.1, 0.15) is 30.4 Å². The summed E-state index contributed by atoms with van der Waals surface area (Å²) in [6.07, 6.45) is 4.03. The number of oxime groups is 1. The molecule has 1 atom stereocenters. The van der Waals surface area contributed by atoms with Crippen molar-refractivity contribution < 1.29 is 5.21 Å². The number of hydrogen-bond donors (Lipinski definition) is 2. The summed E-state index contributed by atoms with van der Waals surface area (Å²) in [4.78, 5) is 5.18. The zero-order valence-corrected chi connectivity index (χ0v) is 12.4. The minimum atomic E-state index is 0.164. The highest BCUT2D eigenvalue weighted by molar-refractivity contribution is 5.96. The quantitative estimate of drug-likeness (QED) is 0.381. The summed E-state index contributed by atoms with van der Waals surface area (Å²) in [6, 6.07) is 8.72. The first-order chi connectivity index (χ1) is 10.3. The second kappa shape index (κ2) is 6.45. The van der Waals surface area contributed by atoms with Gasteiger partial charge >= 0.3 is 0 Å². The van der Waals surface area contributed by atoms with Crippen LogP contribution in [0.2, 0.25) is 0 Å². The average molecular weight is 288 g/mol. The monoisotopic (exact) mass is 288 g/mol. The van der Waals surface area contributed by atoms with E-state index in [1.807, 2.05) is 12.1 Å². The molecule has 2 fully saturated rings. The third kappa shape index (κ3) is 3.36. The molecule has 0 bridgehead atoms. The Bertz CT molecular complexity index is 494. The molecular formula is C16H24N4O. The first-order valence-corrected chi connectivity index (χ1v) is 7.79. The van der Waals surface area contributed by atoms with Crippen LogP contribution in [0.25, 0.3) is 0 Å². The first kappa shape index (κ1) is 14.4. The van der Waals surface area contributed by atoms with Crippen molar-refractivity contribution in [3.8, 4) is 0 Å². The van der Waals surface area contributed by atoms with Crippen molar-refractivity contribution in [3.63, 3.8) is 0 Å². The average Bonchev–Trinajstić information content (AvgIpc) is 3.18. The predicted octanol–water partition coefficient (Wildman–Crippen LogP) is 1.45. The Balaban J connectivity index is 1.55. The summed E-state index contributed by atoms with van der Waals surface area (Å²) in [6.45, 7) is 5.92. The summed E-state index contributed by atoms with van der Waals surface area (Å²) >= 11 is 0. The first-order valence-electron chi connectivity index (χ1n) is 7.79. The van der Waals surface area contributed by atoms with Crippen LogP contribution >= 0.6 is 0 Å². The minimum absolute atomic E-state index is 0.164. The van der Waals surface area contributed by atoms with Crippen molar-refractivity contribution >= 4 is 5.84 Å². The van der Waals surface area contributed by atoms with E-state index in [9.17, 15) is 0 Å². The van der Waals surface area contributed by atoms with Crippen LogP contribution in [0.3, 0.4) is 0 Å². The Labute approximate surface area is 126 Å². The van der Waals surface area contributed by atoms with Crippen molar-refractivity contribution in [1.29, 1.82) is 0 Å². The van der Waals surface area contributed by atoms with Gasteiger partial charge in [-0.1, -0.05) is 29.4 Å². The molecule has 0 spiro atoms. The molecule has 21 heavy (non-hydrogen) atoms. The van der Waals surface area contributed by atoms with E-state index in [0.29, 0.717) is 0 Å². The molecule has 1 aromatic rings. The molecule has 1 unspecified atom stereocenters. The van der Waals surface area contributed by atoms with Crippen molar-refractivity contribution in [2.75, 3.05) is 26.2 Å². The van der Waals surface area contributed by atoms with E-state index in [0.717, 1.165) is 18.2 Å². The van der Waals surface area contributed by atoms with E-state index in [-0.39, 0.29) is 5.84 Å². The molecule has 2 aliphatic heterocycles. The molecule has 3 N–H and O–H groups in total. The summed E-state index contributed by atoms with van der Waals surface area (Å²) < 4.78 is 0. The number of rotatable bonds is 4. The van der Waals surface area contributed by atoms with Crippen LogP contribution in [-0.2, 0) is 6.54 Å². The molecule has 0 radical (unpaired) electrons. The van der Waals surface area contributed by atoms with Gasteiger partial charge in [0.25, 0.3) is 0 Å². The highest BCUT2D eigenvalue weighted by atomic mass is 16.4. The fourth-order valence-corrected chi connectivity index (χ4v) is 3.46. The second-order valence-corrected chi connectivity index (χ2v) is 6.10. The van der Waals surface area contributed by atoms with Crippen LogP contribution in [-0.4, -0.2) is 53.1 Å². The molecule has 5 nitrogen and oxygen atoms in total. The van der Waals surface area contributed by atoms with Gasteiger partial charge in [0.1, 0.15) is 0 Å². The molecule has 5 heteroatoms. The molecule has 0 amide bonds. The van der Waals surface area contributed by atoms with Crippen molar-refractivity contribution in [2.45, 2.75) is 31.8 Å². The Morgan fingerprint density at radius 1 is 1.19 bits per heavy atom.